The second-order valence-electron chi connectivity index (χ2n) is 5.49. The molecule has 2 aromatic heterocycles. The van der Waals surface area contributed by atoms with Crippen LogP contribution in [0.15, 0.2) is 6.07 Å². The second kappa shape index (κ2) is 6.64. The van der Waals surface area contributed by atoms with E-state index in [1.54, 1.807) is 17.7 Å². The van der Waals surface area contributed by atoms with Crippen molar-refractivity contribution in [3.05, 3.63) is 23.1 Å². The molecule has 1 atom stereocenters. The van der Waals surface area contributed by atoms with Crippen LogP contribution in [0.25, 0.3) is 11.3 Å². The van der Waals surface area contributed by atoms with E-state index in [1.165, 1.54) is 7.11 Å². The van der Waals surface area contributed by atoms with E-state index < -0.39 is 0 Å². The molecule has 8 nitrogen and oxygen atoms in total. The second-order valence-corrected chi connectivity index (χ2v) is 5.49. The molecule has 2 aromatic rings. The third-order valence-corrected chi connectivity index (χ3v) is 3.67. The van der Waals surface area contributed by atoms with Crippen LogP contribution in [-0.2, 0) is 16.6 Å². The first-order valence-electron chi connectivity index (χ1n) is 7.27. The van der Waals surface area contributed by atoms with E-state index in [1.807, 2.05) is 20.9 Å². The van der Waals surface area contributed by atoms with Gasteiger partial charge in [0.15, 0.2) is 0 Å². The third-order valence-electron chi connectivity index (χ3n) is 3.67. The molecular weight excluding hydrogens is 298 g/mol. The Hall–Kier alpha value is -2.64. The van der Waals surface area contributed by atoms with Crippen LogP contribution in [0.4, 0.5) is 0 Å². The topological polar surface area (TPSA) is 102 Å². The lowest BCUT2D eigenvalue weighted by atomic mass is 10.1. The van der Waals surface area contributed by atoms with Crippen molar-refractivity contribution in [3.63, 3.8) is 0 Å². The van der Waals surface area contributed by atoms with Crippen molar-refractivity contribution in [1.29, 1.82) is 0 Å². The van der Waals surface area contributed by atoms with Gasteiger partial charge in [0.1, 0.15) is 5.69 Å². The first-order valence-corrected chi connectivity index (χ1v) is 7.27. The number of aryl methyl sites for hydroxylation is 2. The van der Waals surface area contributed by atoms with Gasteiger partial charge < -0.3 is 10.1 Å². The molecule has 0 aromatic carbocycles. The monoisotopic (exact) mass is 319 g/mol. The Bertz CT molecular complexity index is 732. The van der Waals surface area contributed by atoms with Crippen LogP contribution in [-0.4, -0.2) is 45.0 Å². The minimum absolute atomic E-state index is 0.115. The summed E-state index contributed by atoms with van der Waals surface area (Å²) < 4.78 is 6.35. The molecule has 0 saturated heterocycles. The summed E-state index contributed by atoms with van der Waals surface area (Å²) in [6.07, 6.45) is 0.115. The predicted octanol–water partition coefficient (Wildman–Crippen LogP) is 1.11. The first-order chi connectivity index (χ1) is 10.8. The lowest BCUT2D eigenvalue weighted by Gasteiger charge is -2.11. The highest BCUT2D eigenvalue weighted by molar-refractivity contribution is 5.93. The number of rotatable bonds is 5. The highest BCUT2D eigenvalue weighted by Gasteiger charge is 2.19. The Labute approximate surface area is 134 Å². The third kappa shape index (κ3) is 3.58. The molecule has 2 heterocycles. The molecule has 0 aliphatic carbocycles. The van der Waals surface area contributed by atoms with E-state index in [4.69, 9.17) is 0 Å². The summed E-state index contributed by atoms with van der Waals surface area (Å²) in [5.41, 5.74) is 3.73. The van der Waals surface area contributed by atoms with Crippen molar-refractivity contribution in [1.82, 2.24) is 25.3 Å². The maximum atomic E-state index is 12.2. The largest absolute Gasteiger partial charge is 0.469 e. The molecule has 0 aliphatic heterocycles. The van der Waals surface area contributed by atoms with Crippen molar-refractivity contribution in [2.45, 2.75) is 33.2 Å². The lowest BCUT2D eigenvalue weighted by molar-refractivity contribution is -0.141. The average molecular weight is 319 g/mol. The summed E-state index contributed by atoms with van der Waals surface area (Å²) in [5, 5.41) is 14.0. The molecule has 2 N–H and O–H groups in total. The van der Waals surface area contributed by atoms with Gasteiger partial charge in [-0.1, -0.05) is 0 Å². The van der Waals surface area contributed by atoms with E-state index in [0.717, 1.165) is 17.0 Å². The smallest absolute Gasteiger partial charge is 0.307 e. The highest BCUT2D eigenvalue weighted by Crippen LogP contribution is 2.25. The van der Waals surface area contributed by atoms with E-state index in [-0.39, 0.29) is 24.3 Å². The van der Waals surface area contributed by atoms with Crippen LogP contribution in [0, 0.1) is 13.8 Å². The highest BCUT2D eigenvalue weighted by atomic mass is 16.5. The van der Waals surface area contributed by atoms with Gasteiger partial charge in [0.2, 0.25) is 0 Å². The zero-order chi connectivity index (χ0) is 17.1. The molecule has 23 heavy (non-hydrogen) atoms. The van der Waals surface area contributed by atoms with Gasteiger partial charge >= 0.3 is 5.97 Å². The number of nitrogens with zero attached hydrogens (tertiary/aromatic N) is 3. The number of nitrogens with one attached hydrogen (secondary N) is 2. The number of methoxy groups -OCH3 is 1. The normalized spacial score (nSPS) is 12.0. The number of carbonyl (C=O) groups excluding carboxylic acids is 2. The average Bonchev–Trinajstić information content (AvgIpc) is 3.04. The summed E-state index contributed by atoms with van der Waals surface area (Å²) in [6.45, 7) is 5.58. The molecular formula is C15H21N5O3. The van der Waals surface area contributed by atoms with Gasteiger partial charge in [-0.25, -0.2) is 0 Å². The zero-order valence-electron chi connectivity index (χ0n) is 13.9. The van der Waals surface area contributed by atoms with Gasteiger partial charge in [0.05, 0.1) is 24.9 Å². The van der Waals surface area contributed by atoms with Crippen LogP contribution in [0.3, 0.4) is 0 Å². The molecule has 8 heteroatoms. The molecule has 0 bridgehead atoms. The van der Waals surface area contributed by atoms with E-state index in [0.29, 0.717) is 11.4 Å². The number of carbonyl (C=O) groups is 2. The number of hydrogen-bond donors (Lipinski definition) is 2. The van der Waals surface area contributed by atoms with Gasteiger partial charge in [-0.05, 0) is 26.8 Å². The first kappa shape index (κ1) is 16.7. The maximum absolute atomic E-state index is 12.2. The molecule has 0 aliphatic rings. The van der Waals surface area contributed by atoms with Gasteiger partial charge in [0.25, 0.3) is 5.91 Å². The van der Waals surface area contributed by atoms with Crippen LogP contribution in [0.5, 0.6) is 0 Å². The Morgan fingerprint density at radius 1 is 1.43 bits per heavy atom. The minimum Gasteiger partial charge on any atom is -0.469 e. The number of aromatic nitrogens is 4. The van der Waals surface area contributed by atoms with Gasteiger partial charge in [-0.2, -0.15) is 10.2 Å². The fourth-order valence-electron chi connectivity index (χ4n) is 2.40. The molecule has 124 valence electrons. The number of hydrogen-bond acceptors (Lipinski definition) is 5. The summed E-state index contributed by atoms with van der Waals surface area (Å²) in [5.74, 6) is -0.691. The van der Waals surface area contributed by atoms with Crippen molar-refractivity contribution < 1.29 is 14.3 Å². The summed E-state index contributed by atoms with van der Waals surface area (Å²) in [6, 6.07) is 1.35. The molecule has 1 amide bonds. The van der Waals surface area contributed by atoms with Gasteiger partial charge in [-0.3, -0.25) is 19.4 Å². The Kier molecular flexibility index (Phi) is 4.83. The van der Waals surface area contributed by atoms with Crippen LogP contribution in [0.2, 0.25) is 0 Å². The predicted molar refractivity (Wildman–Crippen MR) is 83.8 cm³/mol. The molecule has 0 spiro atoms. The van der Waals surface area contributed by atoms with Gasteiger partial charge in [0, 0.05) is 24.3 Å². The number of H-pyrrole nitrogens is 1. The standard InChI is InChI=1S/C15H21N5O3/c1-8(6-13(21)23-5)16-15(22)12-7-11(17-18-12)14-9(2)19-20(4)10(14)3/h7-8H,6H2,1-5H3,(H,16,22)(H,17,18). The van der Waals surface area contributed by atoms with E-state index in [2.05, 4.69) is 25.3 Å². The fraction of sp³-hybridized carbons (Fsp3) is 0.467. The summed E-state index contributed by atoms with van der Waals surface area (Å²) >= 11 is 0. The fourth-order valence-corrected chi connectivity index (χ4v) is 2.40. The molecule has 1 unspecified atom stereocenters. The molecule has 0 radical (unpaired) electrons. The van der Waals surface area contributed by atoms with Crippen molar-refractivity contribution >= 4 is 11.9 Å². The van der Waals surface area contributed by atoms with E-state index >= 15 is 0 Å². The number of ether oxygens (including phenoxy) is 1. The Balaban J connectivity index is 2.13. The van der Waals surface area contributed by atoms with E-state index in [9.17, 15) is 9.59 Å². The Morgan fingerprint density at radius 2 is 2.13 bits per heavy atom. The number of esters is 1. The van der Waals surface area contributed by atoms with Gasteiger partial charge in [-0.15, -0.1) is 0 Å². The summed E-state index contributed by atoms with van der Waals surface area (Å²) in [4.78, 5) is 23.4. The minimum atomic E-state index is -0.371. The van der Waals surface area contributed by atoms with Crippen molar-refractivity contribution in [3.8, 4) is 11.3 Å². The molecule has 2 rings (SSSR count). The lowest BCUT2D eigenvalue weighted by Crippen LogP contribution is -2.34. The number of aromatic amines is 1. The van der Waals surface area contributed by atoms with Crippen molar-refractivity contribution in [2.24, 2.45) is 7.05 Å². The SMILES string of the molecule is COC(=O)CC(C)NC(=O)c1cc(-c2c(C)nn(C)c2C)n[nH]1. The Morgan fingerprint density at radius 3 is 2.70 bits per heavy atom. The maximum Gasteiger partial charge on any atom is 0.307 e. The van der Waals surface area contributed by atoms with Crippen LogP contribution in [0.1, 0.15) is 35.2 Å². The summed E-state index contributed by atoms with van der Waals surface area (Å²) in [7, 11) is 3.18. The molecule has 0 saturated carbocycles. The number of amides is 1. The van der Waals surface area contributed by atoms with Crippen molar-refractivity contribution in [2.75, 3.05) is 7.11 Å². The zero-order valence-corrected chi connectivity index (χ0v) is 13.9. The van der Waals surface area contributed by atoms with Crippen LogP contribution < -0.4 is 5.32 Å². The van der Waals surface area contributed by atoms with Crippen LogP contribution >= 0.6 is 0 Å². The quantitative estimate of drug-likeness (QED) is 0.804. The molecule has 0 fully saturated rings.